The first-order valence-corrected chi connectivity index (χ1v) is 11.4. The SMILES string of the molecule is COc1ccc(CCC(=O)N(Cc2ccccc2)[C@H](C)C(=O)NC2CCCC2)cc1OC. The third-order valence-electron chi connectivity index (χ3n) is 6.14. The topological polar surface area (TPSA) is 67.9 Å². The van der Waals surface area contributed by atoms with E-state index in [1.54, 1.807) is 19.1 Å². The van der Waals surface area contributed by atoms with E-state index in [0.717, 1.165) is 36.8 Å². The van der Waals surface area contributed by atoms with Crippen LogP contribution < -0.4 is 14.8 Å². The Balaban J connectivity index is 1.70. The van der Waals surface area contributed by atoms with E-state index in [2.05, 4.69) is 5.32 Å². The van der Waals surface area contributed by atoms with Gasteiger partial charge in [-0.05, 0) is 49.4 Å². The Morgan fingerprint density at radius 1 is 1.00 bits per heavy atom. The molecular weight excluding hydrogens is 404 g/mol. The highest BCUT2D eigenvalue weighted by atomic mass is 16.5. The Bertz CT molecular complexity index is 894. The molecule has 0 radical (unpaired) electrons. The van der Waals surface area contributed by atoms with E-state index in [0.29, 0.717) is 30.9 Å². The van der Waals surface area contributed by atoms with Gasteiger partial charge >= 0.3 is 0 Å². The van der Waals surface area contributed by atoms with Crippen molar-refractivity contribution >= 4 is 11.8 Å². The lowest BCUT2D eigenvalue weighted by atomic mass is 10.1. The molecule has 2 amide bonds. The van der Waals surface area contributed by atoms with Crippen molar-refractivity contribution in [3.05, 3.63) is 59.7 Å². The minimum atomic E-state index is -0.534. The molecule has 0 spiro atoms. The van der Waals surface area contributed by atoms with Gasteiger partial charge in [0.2, 0.25) is 11.8 Å². The summed E-state index contributed by atoms with van der Waals surface area (Å²) in [5.41, 5.74) is 1.99. The third kappa shape index (κ3) is 6.25. The largest absolute Gasteiger partial charge is 0.493 e. The summed E-state index contributed by atoms with van der Waals surface area (Å²) in [6.45, 7) is 2.23. The van der Waals surface area contributed by atoms with Crippen molar-refractivity contribution in [1.29, 1.82) is 0 Å². The monoisotopic (exact) mass is 438 g/mol. The van der Waals surface area contributed by atoms with Gasteiger partial charge in [0, 0.05) is 19.0 Å². The maximum atomic E-state index is 13.3. The number of nitrogens with one attached hydrogen (secondary N) is 1. The smallest absolute Gasteiger partial charge is 0.242 e. The highest BCUT2D eigenvalue weighted by molar-refractivity contribution is 5.87. The van der Waals surface area contributed by atoms with Crippen LogP contribution in [0.4, 0.5) is 0 Å². The zero-order valence-corrected chi connectivity index (χ0v) is 19.3. The number of ether oxygens (including phenoxy) is 2. The number of aryl methyl sites for hydroxylation is 1. The molecule has 32 heavy (non-hydrogen) atoms. The van der Waals surface area contributed by atoms with Gasteiger partial charge < -0.3 is 19.7 Å². The molecule has 1 aliphatic carbocycles. The van der Waals surface area contributed by atoms with Crippen molar-refractivity contribution in [3.8, 4) is 11.5 Å². The van der Waals surface area contributed by atoms with Gasteiger partial charge in [0.05, 0.1) is 14.2 Å². The summed E-state index contributed by atoms with van der Waals surface area (Å²) in [6, 6.07) is 15.2. The van der Waals surface area contributed by atoms with E-state index in [9.17, 15) is 9.59 Å². The predicted molar refractivity (Wildman–Crippen MR) is 125 cm³/mol. The lowest BCUT2D eigenvalue weighted by Gasteiger charge is -2.30. The van der Waals surface area contributed by atoms with Gasteiger partial charge in [-0.15, -0.1) is 0 Å². The first kappa shape index (κ1) is 23.6. The van der Waals surface area contributed by atoms with Gasteiger partial charge in [-0.25, -0.2) is 0 Å². The van der Waals surface area contributed by atoms with Gasteiger partial charge in [-0.3, -0.25) is 9.59 Å². The molecule has 6 nitrogen and oxygen atoms in total. The standard InChI is InChI=1S/C26H34N2O4/c1-19(26(30)27-22-11-7-8-12-22)28(18-21-9-5-4-6-10-21)25(29)16-14-20-13-15-23(31-2)24(17-20)32-3/h4-6,9-10,13,15,17,19,22H,7-8,11-12,14,16,18H2,1-3H3,(H,27,30)/t19-/m1/s1. The van der Waals surface area contributed by atoms with Gasteiger partial charge in [0.25, 0.3) is 0 Å². The van der Waals surface area contributed by atoms with Crippen LogP contribution in [-0.2, 0) is 22.6 Å². The lowest BCUT2D eigenvalue weighted by molar-refractivity contribution is -0.140. The fourth-order valence-electron chi connectivity index (χ4n) is 4.19. The Kier molecular flexibility index (Phi) is 8.54. The number of amides is 2. The molecule has 172 valence electrons. The fraction of sp³-hybridized carbons (Fsp3) is 0.462. The number of carbonyl (C=O) groups excluding carboxylic acids is 2. The summed E-state index contributed by atoms with van der Waals surface area (Å²) in [5, 5.41) is 3.14. The second kappa shape index (κ2) is 11.6. The second-order valence-electron chi connectivity index (χ2n) is 8.36. The van der Waals surface area contributed by atoms with E-state index < -0.39 is 6.04 Å². The molecule has 0 heterocycles. The number of rotatable bonds is 10. The van der Waals surface area contributed by atoms with Crippen LogP contribution in [0.15, 0.2) is 48.5 Å². The van der Waals surface area contributed by atoms with E-state index >= 15 is 0 Å². The summed E-state index contributed by atoms with van der Waals surface area (Å²) in [6.07, 6.45) is 5.20. The van der Waals surface area contributed by atoms with Crippen molar-refractivity contribution in [2.45, 2.75) is 64.1 Å². The van der Waals surface area contributed by atoms with Gasteiger partial charge in [-0.1, -0.05) is 49.2 Å². The van der Waals surface area contributed by atoms with E-state index in [4.69, 9.17) is 9.47 Å². The first-order valence-electron chi connectivity index (χ1n) is 11.4. The molecule has 1 N–H and O–H groups in total. The number of benzene rings is 2. The molecule has 0 bridgehead atoms. The number of hydrogen-bond donors (Lipinski definition) is 1. The number of nitrogens with zero attached hydrogens (tertiary/aromatic N) is 1. The molecule has 0 saturated heterocycles. The molecule has 1 saturated carbocycles. The zero-order valence-electron chi connectivity index (χ0n) is 19.3. The van der Waals surface area contributed by atoms with Crippen molar-refractivity contribution in [3.63, 3.8) is 0 Å². The number of hydrogen-bond acceptors (Lipinski definition) is 4. The molecule has 0 aromatic heterocycles. The van der Waals surface area contributed by atoms with E-state index in [1.807, 2.05) is 55.5 Å². The van der Waals surface area contributed by atoms with Crippen molar-refractivity contribution in [1.82, 2.24) is 10.2 Å². The molecule has 3 rings (SSSR count). The molecule has 0 aliphatic heterocycles. The van der Waals surface area contributed by atoms with Crippen molar-refractivity contribution < 1.29 is 19.1 Å². The normalized spacial score (nSPS) is 14.6. The van der Waals surface area contributed by atoms with E-state index in [1.165, 1.54) is 0 Å². The highest BCUT2D eigenvalue weighted by Gasteiger charge is 2.28. The molecular formula is C26H34N2O4. The molecule has 0 unspecified atom stereocenters. The van der Waals surface area contributed by atoms with Crippen LogP contribution in [0.1, 0.15) is 50.2 Å². The molecule has 1 aliphatic rings. The summed E-state index contributed by atoms with van der Waals surface area (Å²) in [5.74, 6) is 1.18. The van der Waals surface area contributed by atoms with Gasteiger partial charge in [-0.2, -0.15) is 0 Å². The van der Waals surface area contributed by atoms with Crippen LogP contribution in [0.25, 0.3) is 0 Å². The average Bonchev–Trinajstić information content (AvgIpc) is 3.34. The summed E-state index contributed by atoms with van der Waals surface area (Å²) in [7, 11) is 3.19. The third-order valence-corrected chi connectivity index (χ3v) is 6.14. The summed E-state index contributed by atoms with van der Waals surface area (Å²) >= 11 is 0. The summed E-state index contributed by atoms with van der Waals surface area (Å²) in [4.78, 5) is 27.9. The van der Waals surface area contributed by atoms with Crippen LogP contribution >= 0.6 is 0 Å². The Morgan fingerprint density at radius 3 is 2.34 bits per heavy atom. The molecule has 6 heteroatoms. The lowest BCUT2D eigenvalue weighted by Crippen LogP contribution is -2.49. The van der Waals surface area contributed by atoms with E-state index in [-0.39, 0.29) is 17.9 Å². The van der Waals surface area contributed by atoms with Crippen LogP contribution in [0.5, 0.6) is 11.5 Å². The molecule has 1 atom stereocenters. The first-order chi connectivity index (χ1) is 15.5. The minimum absolute atomic E-state index is 0.0438. The summed E-state index contributed by atoms with van der Waals surface area (Å²) < 4.78 is 10.7. The Hall–Kier alpha value is -3.02. The fourth-order valence-corrected chi connectivity index (χ4v) is 4.19. The second-order valence-corrected chi connectivity index (χ2v) is 8.36. The predicted octanol–water partition coefficient (Wildman–Crippen LogP) is 4.11. The average molecular weight is 439 g/mol. The molecule has 2 aromatic rings. The maximum Gasteiger partial charge on any atom is 0.242 e. The Morgan fingerprint density at radius 2 is 1.69 bits per heavy atom. The molecule has 1 fully saturated rings. The number of carbonyl (C=O) groups is 2. The van der Waals surface area contributed by atoms with Crippen LogP contribution in [0.3, 0.4) is 0 Å². The van der Waals surface area contributed by atoms with Crippen LogP contribution in [-0.4, -0.2) is 43.0 Å². The van der Waals surface area contributed by atoms with Crippen LogP contribution in [0, 0.1) is 0 Å². The Labute approximate surface area is 190 Å². The quantitative estimate of drug-likeness (QED) is 0.606. The maximum absolute atomic E-state index is 13.3. The van der Waals surface area contributed by atoms with Crippen LogP contribution in [0.2, 0.25) is 0 Å². The minimum Gasteiger partial charge on any atom is -0.493 e. The van der Waals surface area contributed by atoms with Gasteiger partial charge in [0.15, 0.2) is 11.5 Å². The molecule has 2 aromatic carbocycles. The van der Waals surface area contributed by atoms with Crippen molar-refractivity contribution in [2.75, 3.05) is 14.2 Å². The van der Waals surface area contributed by atoms with Crippen molar-refractivity contribution in [2.24, 2.45) is 0 Å². The van der Waals surface area contributed by atoms with Gasteiger partial charge in [0.1, 0.15) is 6.04 Å². The highest BCUT2D eigenvalue weighted by Crippen LogP contribution is 2.28. The number of methoxy groups -OCH3 is 2. The zero-order chi connectivity index (χ0) is 22.9.